The number of esters is 3. The van der Waals surface area contributed by atoms with E-state index < -0.39 is 69.9 Å². The van der Waals surface area contributed by atoms with Gasteiger partial charge in [0.15, 0.2) is 18.3 Å². The van der Waals surface area contributed by atoms with Gasteiger partial charge < -0.3 is 28.6 Å². The molecule has 5 rings (SSSR count). The number of aliphatic hydroxyl groups is 1. The van der Waals surface area contributed by atoms with Crippen LogP contribution in [-0.2, 0) is 30.3 Å². The van der Waals surface area contributed by atoms with Gasteiger partial charge in [-0.3, -0.25) is 0 Å². The van der Waals surface area contributed by atoms with Crippen LogP contribution in [0.5, 0.6) is 0 Å². The lowest BCUT2D eigenvalue weighted by Crippen LogP contribution is -2.66. The predicted octanol–water partition coefficient (Wildman–Crippen LogP) is 5.11. The van der Waals surface area contributed by atoms with Crippen LogP contribution < -0.4 is 4.72 Å². The lowest BCUT2D eigenvalue weighted by atomic mass is 9.92. The Morgan fingerprint density at radius 3 is 1.76 bits per heavy atom. The van der Waals surface area contributed by atoms with Crippen molar-refractivity contribution in [2.75, 3.05) is 12.4 Å². The quantitative estimate of drug-likeness (QED) is 0.133. The van der Waals surface area contributed by atoms with Crippen LogP contribution >= 0.6 is 11.8 Å². The van der Waals surface area contributed by atoms with E-state index in [2.05, 4.69) is 4.72 Å². The third-order valence-electron chi connectivity index (χ3n) is 8.01. The first kappa shape index (κ1) is 36.6. The van der Waals surface area contributed by atoms with Gasteiger partial charge in [-0.2, -0.15) is 0 Å². The summed E-state index contributed by atoms with van der Waals surface area (Å²) in [4.78, 5) is 41.1. The summed E-state index contributed by atoms with van der Waals surface area (Å²) in [7, 11) is 0. The topological polar surface area (TPSA) is 143 Å². The van der Waals surface area contributed by atoms with E-state index >= 15 is 0 Å². The Morgan fingerprint density at radius 2 is 1.29 bits per heavy atom. The molecule has 2 heterocycles. The van der Waals surface area contributed by atoms with Gasteiger partial charge in [-0.15, -0.1) is 16.5 Å². The molecular weight excluding hydrogens is 667 g/mol. The van der Waals surface area contributed by atoms with Crippen molar-refractivity contribution in [1.29, 1.82) is 0 Å². The molecule has 2 bridgehead atoms. The molecule has 10 nitrogen and oxygen atoms in total. The summed E-state index contributed by atoms with van der Waals surface area (Å²) in [6.07, 6.45) is -0.933. The third kappa shape index (κ3) is 9.53. The summed E-state index contributed by atoms with van der Waals surface area (Å²) in [5.74, 6) is -2.02. The second-order valence-electron chi connectivity index (χ2n) is 12.7. The van der Waals surface area contributed by atoms with E-state index in [0.717, 1.165) is 0 Å². The first-order chi connectivity index (χ1) is 23.5. The van der Waals surface area contributed by atoms with E-state index in [1.807, 2.05) is 32.9 Å². The number of hydrogen-bond donors (Lipinski definition) is 2. The van der Waals surface area contributed by atoms with Crippen molar-refractivity contribution in [2.24, 2.45) is 5.92 Å². The van der Waals surface area contributed by atoms with Gasteiger partial charge in [0, 0.05) is 23.0 Å². The zero-order valence-electron chi connectivity index (χ0n) is 27.5. The molecule has 2 N–H and O–H groups in total. The normalized spacial score (nSPS) is 26.8. The van der Waals surface area contributed by atoms with Gasteiger partial charge in [0.1, 0.15) is 16.3 Å². The highest BCUT2D eigenvalue weighted by molar-refractivity contribution is 7.99. The summed E-state index contributed by atoms with van der Waals surface area (Å²) in [6.45, 7) is 5.32. The number of ether oxygens (including phenoxy) is 4. The molecule has 49 heavy (non-hydrogen) atoms. The number of aliphatic hydroxyl groups excluding tert-OH is 1. The number of nitrogens with one attached hydrogen (secondary N) is 1. The van der Waals surface area contributed by atoms with Crippen LogP contribution in [0.1, 0.15) is 58.3 Å². The van der Waals surface area contributed by atoms with Gasteiger partial charge in [-0.1, -0.05) is 66.7 Å². The highest BCUT2D eigenvalue weighted by Crippen LogP contribution is 2.38. The highest BCUT2D eigenvalue weighted by Gasteiger charge is 2.55. The summed E-state index contributed by atoms with van der Waals surface area (Å²) < 4.78 is 41.3. The predicted molar refractivity (Wildman–Crippen MR) is 187 cm³/mol. The molecule has 260 valence electrons. The van der Waals surface area contributed by atoms with Crippen molar-refractivity contribution < 1.29 is 43.0 Å². The second kappa shape index (κ2) is 16.8. The summed E-state index contributed by atoms with van der Waals surface area (Å²) in [5.41, 5.74) is -0.190. The van der Waals surface area contributed by atoms with Gasteiger partial charge in [0.25, 0.3) is 0 Å². The lowest BCUT2D eigenvalue weighted by molar-refractivity contribution is -0.205. The second-order valence-corrected chi connectivity index (χ2v) is 15.9. The maximum absolute atomic E-state index is 13.7. The molecule has 8 atom stereocenters. The number of fused-ring (bicyclic) bond motifs is 2. The SMILES string of the molecule is CC(C)(C)[S@@+]([O-])N[C@@H]1C/C=C\C(CO)CSC2OC1C(OC(=O)c1ccccc1)C(OC(=O)c1ccccc1)C2OC(=O)c1ccccc1. The van der Waals surface area contributed by atoms with Crippen LogP contribution in [0.25, 0.3) is 0 Å². The Hall–Kier alpha value is -3.65. The van der Waals surface area contributed by atoms with E-state index in [4.69, 9.17) is 18.9 Å². The fourth-order valence-corrected chi connectivity index (χ4v) is 7.47. The zero-order chi connectivity index (χ0) is 35.0. The Morgan fingerprint density at radius 1 is 0.816 bits per heavy atom. The number of benzene rings is 3. The van der Waals surface area contributed by atoms with E-state index in [1.165, 1.54) is 11.8 Å². The first-order valence-electron chi connectivity index (χ1n) is 16.1. The van der Waals surface area contributed by atoms with Crippen LogP contribution in [0.2, 0.25) is 0 Å². The van der Waals surface area contributed by atoms with Gasteiger partial charge in [-0.05, 0) is 63.6 Å². The van der Waals surface area contributed by atoms with Crippen LogP contribution in [0.15, 0.2) is 103 Å². The van der Waals surface area contributed by atoms with Crippen LogP contribution in [0.4, 0.5) is 0 Å². The minimum Gasteiger partial charge on any atom is -0.598 e. The Balaban J connectivity index is 1.63. The van der Waals surface area contributed by atoms with E-state index in [1.54, 1.807) is 91.0 Å². The highest BCUT2D eigenvalue weighted by atomic mass is 32.2. The van der Waals surface area contributed by atoms with Crippen molar-refractivity contribution in [1.82, 2.24) is 4.72 Å². The third-order valence-corrected chi connectivity index (χ3v) is 11.0. The molecular formula is C37H41NO9S2. The lowest BCUT2D eigenvalue weighted by Gasteiger charge is -2.47. The van der Waals surface area contributed by atoms with E-state index in [-0.39, 0.29) is 35.6 Å². The van der Waals surface area contributed by atoms with Crippen molar-refractivity contribution in [3.05, 3.63) is 120 Å². The van der Waals surface area contributed by atoms with Crippen molar-refractivity contribution in [3.63, 3.8) is 0 Å². The summed E-state index contributed by atoms with van der Waals surface area (Å²) in [6, 6.07) is 24.3. The fourth-order valence-electron chi connectivity index (χ4n) is 5.35. The molecule has 0 aromatic heterocycles. The molecule has 12 heteroatoms. The van der Waals surface area contributed by atoms with Gasteiger partial charge in [-0.25, -0.2) is 14.4 Å². The summed E-state index contributed by atoms with van der Waals surface area (Å²) in [5, 5.41) is 10.1. The van der Waals surface area contributed by atoms with Crippen LogP contribution in [0, 0.1) is 5.92 Å². The largest absolute Gasteiger partial charge is 0.598 e. The van der Waals surface area contributed by atoms with Crippen LogP contribution in [0.3, 0.4) is 0 Å². The molecule has 0 saturated carbocycles. The van der Waals surface area contributed by atoms with Crippen molar-refractivity contribution in [3.8, 4) is 0 Å². The van der Waals surface area contributed by atoms with Crippen molar-refractivity contribution >= 4 is 41.0 Å². The monoisotopic (exact) mass is 707 g/mol. The molecule has 3 aromatic rings. The molecule has 3 aromatic carbocycles. The molecule has 1 saturated heterocycles. The van der Waals surface area contributed by atoms with Crippen molar-refractivity contribution in [2.45, 2.75) is 67.8 Å². The smallest absolute Gasteiger partial charge is 0.338 e. The number of carbonyl (C=O) groups excluding carboxylic acids is 3. The fraction of sp³-hybridized carbons (Fsp3) is 0.378. The van der Waals surface area contributed by atoms with Gasteiger partial charge in [0.2, 0.25) is 0 Å². The number of hydrogen-bond acceptors (Lipinski definition) is 11. The average Bonchev–Trinajstić information content (AvgIpc) is 3.11. The Kier molecular flexibility index (Phi) is 12.6. The van der Waals surface area contributed by atoms with Crippen LogP contribution in [-0.4, -0.2) is 80.6 Å². The molecule has 1 fully saturated rings. The molecule has 0 aliphatic carbocycles. The van der Waals surface area contributed by atoms with E-state index in [9.17, 15) is 24.0 Å². The standard InChI is InChI=1S/C37H41NO9S2/c1-37(2,3)49(43)38-28-21-13-14-24(22-39)23-48-36-32(46-35(42)27-19-11-6-12-20-27)31(45-34(41)26-17-9-5-10-18-26)30(29(28)47-36)44-33(40)25-15-7-4-8-16-25/h4-20,24,28-32,36,38-39H,21-23H2,1-3H3/b14-13-/t24?,28-,29?,30?,31?,32?,36?,49-/m1/s1. The Labute approximate surface area is 293 Å². The molecule has 0 spiro atoms. The van der Waals surface area contributed by atoms with Gasteiger partial charge in [0.05, 0.1) is 29.3 Å². The molecule has 2 aliphatic rings. The Bertz CT molecular complexity index is 1570. The summed E-state index contributed by atoms with van der Waals surface area (Å²) >= 11 is -0.313. The number of thioether (sulfide) groups is 1. The zero-order valence-corrected chi connectivity index (χ0v) is 29.1. The number of carbonyl (C=O) groups is 3. The molecule has 0 amide bonds. The molecule has 2 aliphatic heterocycles. The van der Waals surface area contributed by atoms with Gasteiger partial charge >= 0.3 is 17.9 Å². The average molecular weight is 708 g/mol. The maximum Gasteiger partial charge on any atom is 0.338 e. The number of rotatable bonds is 9. The molecule has 0 radical (unpaired) electrons. The minimum absolute atomic E-state index is 0.149. The molecule has 6 unspecified atom stereocenters. The maximum atomic E-state index is 13.7. The van der Waals surface area contributed by atoms with E-state index in [0.29, 0.717) is 5.75 Å². The first-order valence-corrected chi connectivity index (χ1v) is 18.3. The minimum atomic E-state index is -1.59.